The number of nitrogens with zero attached hydrogens (tertiary/aromatic N) is 3. The van der Waals surface area contributed by atoms with E-state index < -0.39 is 24.2 Å². The highest BCUT2D eigenvalue weighted by Gasteiger charge is 2.37. The number of halogens is 3. The van der Waals surface area contributed by atoms with Gasteiger partial charge >= 0.3 is 12.5 Å². The molecule has 3 aromatic rings. The zero-order chi connectivity index (χ0) is 28.3. The zero-order valence-corrected chi connectivity index (χ0v) is 21.6. The molecule has 1 fully saturated rings. The van der Waals surface area contributed by atoms with Crippen LogP contribution in [-0.2, 0) is 9.53 Å². The number of alkyl carbamates (subject to hydrolysis) is 1. The molecule has 1 saturated heterocycles. The number of hydrogen-bond donors (Lipinski definition) is 3. The van der Waals surface area contributed by atoms with E-state index in [1.54, 1.807) is 23.2 Å². The lowest BCUT2D eigenvalue weighted by atomic mass is 10.0. The lowest BCUT2D eigenvalue weighted by molar-refractivity contribution is -0.274. The molecule has 39 heavy (non-hydrogen) atoms. The number of aromatic nitrogens is 3. The Morgan fingerprint density at radius 3 is 2.59 bits per heavy atom. The molecule has 0 aliphatic carbocycles. The van der Waals surface area contributed by atoms with Crippen LogP contribution >= 0.6 is 0 Å². The van der Waals surface area contributed by atoms with Gasteiger partial charge in [-0.05, 0) is 43.0 Å². The van der Waals surface area contributed by atoms with Crippen molar-refractivity contribution in [2.45, 2.75) is 45.1 Å². The van der Waals surface area contributed by atoms with E-state index in [0.29, 0.717) is 30.0 Å². The van der Waals surface area contributed by atoms with Gasteiger partial charge in [0.1, 0.15) is 17.6 Å². The van der Waals surface area contributed by atoms with Crippen molar-refractivity contribution in [3.8, 4) is 28.3 Å². The lowest BCUT2D eigenvalue weighted by Crippen LogP contribution is -2.51. The van der Waals surface area contributed by atoms with Gasteiger partial charge in [0.2, 0.25) is 5.91 Å². The number of nitrogen functional groups attached to an aromatic ring is 1. The molecule has 4 N–H and O–H groups in total. The fourth-order valence-corrected chi connectivity index (χ4v) is 4.52. The first-order valence-corrected chi connectivity index (χ1v) is 12.3. The number of benzene rings is 1. The molecule has 2 amide bonds. The summed E-state index contributed by atoms with van der Waals surface area (Å²) >= 11 is 0. The summed E-state index contributed by atoms with van der Waals surface area (Å²) in [6, 6.07) is 6.19. The number of amides is 2. The van der Waals surface area contributed by atoms with Crippen LogP contribution in [0.25, 0.3) is 22.5 Å². The van der Waals surface area contributed by atoms with Crippen LogP contribution in [0.4, 0.5) is 23.7 Å². The van der Waals surface area contributed by atoms with E-state index in [-0.39, 0.29) is 34.8 Å². The number of rotatable bonds is 7. The van der Waals surface area contributed by atoms with Crippen molar-refractivity contribution in [3.63, 3.8) is 0 Å². The Labute approximate surface area is 222 Å². The molecule has 1 aromatic carbocycles. The Balaban J connectivity index is 1.54. The molecule has 2 atom stereocenters. The second-order valence-electron chi connectivity index (χ2n) is 9.46. The van der Waals surface area contributed by atoms with Crippen molar-refractivity contribution in [2.24, 2.45) is 5.92 Å². The summed E-state index contributed by atoms with van der Waals surface area (Å²) in [7, 11) is 1.24. The Hall–Kier alpha value is -4.29. The lowest BCUT2D eigenvalue weighted by Gasteiger charge is -2.30. The van der Waals surface area contributed by atoms with Crippen LogP contribution in [0, 0.1) is 5.92 Å². The molecule has 2 unspecified atom stereocenters. The summed E-state index contributed by atoms with van der Waals surface area (Å²) in [5, 5.41) is 2.61. The van der Waals surface area contributed by atoms with E-state index in [2.05, 4.69) is 29.7 Å². The van der Waals surface area contributed by atoms with Crippen LogP contribution in [-0.4, -0.2) is 57.9 Å². The largest absolute Gasteiger partial charge is 0.573 e. The van der Waals surface area contributed by atoms with E-state index in [0.717, 1.165) is 12.5 Å². The summed E-state index contributed by atoms with van der Waals surface area (Å²) in [5.41, 5.74) is 7.44. The van der Waals surface area contributed by atoms with Gasteiger partial charge in [-0.1, -0.05) is 13.8 Å². The average Bonchev–Trinajstić information content (AvgIpc) is 3.56. The molecule has 0 spiro atoms. The maximum absolute atomic E-state index is 13.3. The molecule has 1 aliphatic heterocycles. The number of nitrogens with one attached hydrogen (secondary N) is 2. The van der Waals surface area contributed by atoms with Crippen LogP contribution < -0.4 is 15.8 Å². The molecule has 2 aromatic heterocycles. The minimum absolute atomic E-state index is 0.125. The highest BCUT2D eigenvalue weighted by molar-refractivity contribution is 5.86. The molecule has 10 nitrogen and oxygen atoms in total. The fraction of sp³-hybridized carbons (Fsp3) is 0.385. The second-order valence-corrected chi connectivity index (χ2v) is 9.46. The van der Waals surface area contributed by atoms with Crippen molar-refractivity contribution >= 4 is 17.7 Å². The molecule has 13 heteroatoms. The Morgan fingerprint density at radius 2 is 1.95 bits per heavy atom. The summed E-state index contributed by atoms with van der Waals surface area (Å²) in [6.07, 6.45) is -0.971. The van der Waals surface area contributed by atoms with E-state index in [1.165, 1.54) is 25.4 Å². The van der Waals surface area contributed by atoms with Gasteiger partial charge in [-0.15, -0.1) is 13.2 Å². The Bertz CT molecular complexity index is 1330. The van der Waals surface area contributed by atoms with Gasteiger partial charge in [-0.3, -0.25) is 9.78 Å². The van der Waals surface area contributed by atoms with Gasteiger partial charge in [0.25, 0.3) is 0 Å². The number of alkyl halides is 3. The third-order valence-corrected chi connectivity index (χ3v) is 6.42. The van der Waals surface area contributed by atoms with Crippen LogP contribution in [0.3, 0.4) is 0 Å². The Kier molecular flexibility index (Phi) is 7.98. The number of ether oxygens (including phenoxy) is 2. The predicted molar refractivity (Wildman–Crippen MR) is 136 cm³/mol. The molecule has 0 saturated carbocycles. The smallest absolute Gasteiger partial charge is 0.453 e. The molecule has 3 heterocycles. The number of carbonyl (C=O) groups is 2. The standard InChI is InChI=1S/C26H29F3N6O4/c1-14(2)22(34-25(37)38-3)24(36)35-10-4-5-20(35)23-32-13-19(33-23)15-6-9-18(31-12-15)17-8-7-16(30)11-21(17)39-26(27,28)29/h6-9,11-14,20,22H,4-5,10,30H2,1-3H3,(H,32,33)(H,34,37). The topological polar surface area (TPSA) is 135 Å². The van der Waals surface area contributed by atoms with Gasteiger partial charge in [0.05, 0.1) is 30.7 Å². The third-order valence-electron chi connectivity index (χ3n) is 6.42. The highest BCUT2D eigenvalue weighted by Crippen LogP contribution is 2.36. The zero-order valence-electron chi connectivity index (χ0n) is 21.6. The van der Waals surface area contributed by atoms with Crippen molar-refractivity contribution in [2.75, 3.05) is 19.4 Å². The van der Waals surface area contributed by atoms with Crippen molar-refractivity contribution in [1.29, 1.82) is 0 Å². The van der Waals surface area contributed by atoms with Crippen molar-refractivity contribution in [3.05, 3.63) is 48.5 Å². The third kappa shape index (κ3) is 6.41. The second kappa shape index (κ2) is 11.2. The van der Waals surface area contributed by atoms with Gasteiger partial charge < -0.3 is 30.4 Å². The number of H-pyrrole nitrogens is 1. The first kappa shape index (κ1) is 27.7. The average molecular weight is 547 g/mol. The number of hydrogen-bond acceptors (Lipinski definition) is 7. The number of methoxy groups -OCH3 is 1. The molecule has 4 rings (SSSR count). The first-order valence-electron chi connectivity index (χ1n) is 12.3. The molecular formula is C26H29F3N6O4. The normalized spacial score (nSPS) is 16.3. The summed E-state index contributed by atoms with van der Waals surface area (Å²) in [5.74, 6) is -0.237. The SMILES string of the molecule is COC(=O)NC(C(=O)N1CCCC1c1ncc(-c2ccc(-c3ccc(N)cc3OC(F)(F)F)nc2)[nH]1)C(C)C. The number of aromatic amines is 1. The molecule has 0 bridgehead atoms. The van der Waals surface area contributed by atoms with E-state index >= 15 is 0 Å². The summed E-state index contributed by atoms with van der Waals surface area (Å²) in [4.78, 5) is 38.8. The Morgan fingerprint density at radius 1 is 1.18 bits per heavy atom. The fourth-order valence-electron chi connectivity index (χ4n) is 4.52. The predicted octanol–water partition coefficient (Wildman–Crippen LogP) is 4.66. The number of imidazole rings is 1. The molecular weight excluding hydrogens is 517 g/mol. The van der Waals surface area contributed by atoms with Crippen LogP contribution in [0.5, 0.6) is 5.75 Å². The first-order chi connectivity index (χ1) is 18.5. The minimum Gasteiger partial charge on any atom is -0.453 e. The van der Waals surface area contributed by atoms with E-state index in [9.17, 15) is 22.8 Å². The molecule has 208 valence electrons. The van der Waals surface area contributed by atoms with Crippen LogP contribution in [0.2, 0.25) is 0 Å². The van der Waals surface area contributed by atoms with Gasteiger partial charge in [0, 0.05) is 35.6 Å². The molecule has 1 aliphatic rings. The van der Waals surface area contributed by atoms with Crippen molar-refractivity contribution < 1.29 is 32.2 Å². The molecule has 0 radical (unpaired) electrons. The van der Waals surface area contributed by atoms with Crippen LogP contribution in [0.1, 0.15) is 38.6 Å². The monoisotopic (exact) mass is 546 g/mol. The number of anilines is 1. The number of pyridine rings is 1. The van der Waals surface area contributed by atoms with Gasteiger partial charge in [-0.25, -0.2) is 9.78 Å². The number of nitrogens with two attached hydrogens (primary N) is 1. The minimum atomic E-state index is -4.88. The summed E-state index contributed by atoms with van der Waals surface area (Å²) in [6.45, 7) is 4.20. The summed E-state index contributed by atoms with van der Waals surface area (Å²) < 4.78 is 47.4. The quantitative estimate of drug-likeness (QED) is 0.367. The van der Waals surface area contributed by atoms with Gasteiger partial charge in [0.15, 0.2) is 0 Å². The number of carbonyl (C=O) groups excluding carboxylic acids is 2. The van der Waals surface area contributed by atoms with E-state index in [1.807, 2.05) is 13.8 Å². The maximum atomic E-state index is 13.3. The van der Waals surface area contributed by atoms with Crippen molar-refractivity contribution in [1.82, 2.24) is 25.2 Å². The number of likely N-dealkylation sites (tertiary alicyclic amines) is 1. The van der Waals surface area contributed by atoms with Crippen LogP contribution in [0.15, 0.2) is 42.7 Å². The maximum Gasteiger partial charge on any atom is 0.573 e. The van der Waals surface area contributed by atoms with E-state index in [4.69, 9.17) is 5.73 Å². The highest BCUT2D eigenvalue weighted by atomic mass is 19.4. The van der Waals surface area contributed by atoms with Gasteiger partial charge in [-0.2, -0.15) is 0 Å².